The summed E-state index contributed by atoms with van der Waals surface area (Å²) >= 11 is 0. The van der Waals surface area contributed by atoms with Gasteiger partial charge in [0.1, 0.15) is 11.6 Å². The lowest BCUT2D eigenvalue weighted by molar-refractivity contribution is -0.133. The maximum Gasteiger partial charge on any atom is 0.243 e. The van der Waals surface area contributed by atoms with E-state index >= 15 is 0 Å². The molecule has 0 N–H and O–H groups in total. The van der Waals surface area contributed by atoms with Crippen molar-refractivity contribution in [2.75, 3.05) is 39.8 Å². The van der Waals surface area contributed by atoms with Crippen LogP contribution in [-0.2, 0) is 21.4 Å². The lowest BCUT2D eigenvalue weighted by Crippen LogP contribution is -2.52. The molecule has 1 heterocycles. The Balaban J connectivity index is 1.55. The number of hydrogen-bond acceptors (Lipinski definition) is 5. The van der Waals surface area contributed by atoms with Crippen LogP contribution in [-0.4, -0.2) is 74.0 Å². The van der Waals surface area contributed by atoms with E-state index in [-0.39, 0.29) is 61.4 Å². The van der Waals surface area contributed by atoms with Gasteiger partial charge in [-0.2, -0.15) is 4.31 Å². The van der Waals surface area contributed by atoms with E-state index in [0.29, 0.717) is 5.56 Å². The van der Waals surface area contributed by atoms with Crippen molar-refractivity contribution in [3.05, 3.63) is 65.2 Å². The third kappa shape index (κ3) is 5.56. The summed E-state index contributed by atoms with van der Waals surface area (Å²) in [5.74, 6) is -1.67. The zero-order valence-corrected chi connectivity index (χ0v) is 18.7. The number of carbonyl (C=O) groups excluding carboxylic acids is 2. The summed E-state index contributed by atoms with van der Waals surface area (Å²) in [4.78, 5) is 27.3. The molecule has 32 heavy (non-hydrogen) atoms. The molecule has 1 fully saturated rings. The Morgan fingerprint density at radius 3 is 2.19 bits per heavy atom. The highest BCUT2D eigenvalue weighted by Gasteiger charge is 2.30. The van der Waals surface area contributed by atoms with Gasteiger partial charge < -0.3 is 4.90 Å². The second-order valence-electron chi connectivity index (χ2n) is 7.77. The van der Waals surface area contributed by atoms with Crippen LogP contribution in [0.15, 0.2) is 47.4 Å². The number of carbonyl (C=O) groups is 2. The fourth-order valence-corrected chi connectivity index (χ4v) is 4.94. The Kier molecular flexibility index (Phi) is 7.37. The number of piperazine rings is 1. The molecule has 1 saturated heterocycles. The summed E-state index contributed by atoms with van der Waals surface area (Å²) < 4.78 is 53.9. The third-order valence-electron chi connectivity index (χ3n) is 5.35. The molecule has 2 aromatic carbocycles. The van der Waals surface area contributed by atoms with Gasteiger partial charge in [0.05, 0.1) is 11.4 Å². The van der Waals surface area contributed by atoms with Crippen molar-refractivity contribution >= 4 is 21.7 Å². The first kappa shape index (κ1) is 24.0. The molecule has 3 rings (SSSR count). The van der Waals surface area contributed by atoms with Gasteiger partial charge in [-0.3, -0.25) is 14.5 Å². The number of rotatable bonds is 7. The van der Waals surface area contributed by atoms with E-state index in [0.717, 1.165) is 6.07 Å². The molecule has 1 aliphatic heterocycles. The van der Waals surface area contributed by atoms with Gasteiger partial charge in [-0.15, -0.1) is 0 Å². The summed E-state index contributed by atoms with van der Waals surface area (Å²) in [6, 6.07) is 9.10. The van der Waals surface area contributed by atoms with Crippen molar-refractivity contribution in [1.82, 2.24) is 14.1 Å². The van der Waals surface area contributed by atoms with Gasteiger partial charge in [0.15, 0.2) is 5.78 Å². The van der Waals surface area contributed by atoms with E-state index in [4.69, 9.17) is 0 Å². The number of hydrogen-bond donors (Lipinski definition) is 0. The summed E-state index contributed by atoms with van der Waals surface area (Å²) in [5, 5.41) is 0. The molecular formula is C22H25F2N3O4S. The fraction of sp³-hybridized carbons (Fsp3) is 0.364. The number of nitrogens with zero attached hydrogens (tertiary/aromatic N) is 3. The number of halogens is 2. The normalized spacial score (nSPS) is 15.2. The average Bonchev–Trinajstić information content (AvgIpc) is 2.75. The van der Waals surface area contributed by atoms with Gasteiger partial charge in [-0.25, -0.2) is 17.2 Å². The van der Waals surface area contributed by atoms with E-state index in [9.17, 15) is 26.8 Å². The van der Waals surface area contributed by atoms with Crippen LogP contribution in [0.1, 0.15) is 22.8 Å². The van der Waals surface area contributed by atoms with Crippen LogP contribution < -0.4 is 0 Å². The van der Waals surface area contributed by atoms with Crippen molar-refractivity contribution < 1.29 is 26.8 Å². The second-order valence-corrected chi connectivity index (χ2v) is 9.71. The van der Waals surface area contributed by atoms with E-state index in [1.165, 1.54) is 47.6 Å². The van der Waals surface area contributed by atoms with Gasteiger partial charge in [0.2, 0.25) is 15.9 Å². The summed E-state index contributed by atoms with van der Waals surface area (Å²) in [6.45, 7) is 2.36. The highest BCUT2D eigenvalue weighted by molar-refractivity contribution is 7.89. The highest BCUT2D eigenvalue weighted by atomic mass is 32.2. The first-order valence-electron chi connectivity index (χ1n) is 10.1. The molecule has 0 atom stereocenters. The Bertz CT molecular complexity index is 1100. The lowest BCUT2D eigenvalue weighted by Gasteiger charge is -2.34. The third-order valence-corrected chi connectivity index (χ3v) is 7.26. The maximum atomic E-state index is 13.8. The van der Waals surface area contributed by atoms with Crippen molar-refractivity contribution in [2.45, 2.75) is 18.4 Å². The van der Waals surface area contributed by atoms with E-state index in [1.54, 1.807) is 16.8 Å². The predicted octanol–water partition coefficient (Wildman–Crippen LogP) is 2.13. The van der Waals surface area contributed by atoms with Crippen molar-refractivity contribution in [3.63, 3.8) is 0 Å². The topological polar surface area (TPSA) is 78.0 Å². The molecule has 0 bridgehead atoms. The predicted molar refractivity (Wildman–Crippen MR) is 114 cm³/mol. The van der Waals surface area contributed by atoms with Gasteiger partial charge in [0.25, 0.3) is 0 Å². The maximum absolute atomic E-state index is 13.8. The number of benzene rings is 2. The van der Waals surface area contributed by atoms with E-state index < -0.39 is 21.7 Å². The Morgan fingerprint density at radius 2 is 1.62 bits per heavy atom. The summed E-state index contributed by atoms with van der Waals surface area (Å²) in [6.07, 6.45) is 0. The van der Waals surface area contributed by atoms with Crippen molar-refractivity contribution in [2.24, 2.45) is 0 Å². The largest absolute Gasteiger partial charge is 0.339 e. The van der Waals surface area contributed by atoms with Gasteiger partial charge >= 0.3 is 0 Å². The number of sulfonamides is 1. The summed E-state index contributed by atoms with van der Waals surface area (Å²) in [7, 11) is -2.07. The average molecular weight is 466 g/mol. The second kappa shape index (κ2) is 9.85. The minimum atomic E-state index is -3.72. The van der Waals surface area contributed by atoms with Crippen LogP contribution in [0.3, 0.4) is 0 Å². The number of amides is 1. The number of ketones is 1. The molecule has 0 radical (unpaired) electrons. The van der Waals surface area contributed by atoms with Crippen molar-refractivity contribution in [1.29, 1.82) is 0 Å². The smallest absolute Gasteiger partial charge is 0.243 e. The molecule has 2 aromatic rings. The molecule has 1 aliphatic rings. The van der Waals surface area contributed by atoms with E-state index in [2.05, 4.69) is 0 Å². The quantitative estimate of drug-likeness (QED) is 0.586. The first-order valence-corrected chi connectivity index (χ1v) is 11.5. The molecule has 7 nitrogen and oxygen atoms in total. The minimum absolute atomic E-state index is 0.0239. The van der Waals surface area contributed by atoms with Gasteiger partial charge in [-0.1, -0.05) is 18.2 Å². The number of Topliss-reactive ketones (excluding diaryl/α,β-unsaturated/α-hetero) is 1. The van der Waals surface area contributed by atoms with Crippen LogP contribution in [0.4, 0.5) is 8.78 Å². The lowest BCUT2D eigenvalue weighted by atomic mass is 10.2. The zero-order chi connectivity index (χ0) is 23.5. The highest BCUT2D eigenvalue weighted by Crippen LogP contribution is 2.19. The molecule has 0 unspecified atom stereocenters. The zero-order valence-electron chi connectivity index (χ0n) is 17.9. The van der Waals surface area contributed by atoms with Gasteiger partial charge in [0, 0.05) is 49.9 Å². The van der Waals surface area contributed by atoms with Crippen LogP contribution in [0.2, 0.25) is 0 Å². The molecular weight excluding hydrogens is 440 g/mol. The first-order chi connectivity index (χ1) is 15.1. The van der Waals surface area contributed by atoms with Crippen molar-refractivity contribution in [3.8, 4) is 0 Å². The molecule has 1 amide bonds. The molecule has 10 heteroatoms. The fourth-order valence-electron chi connectivity index (χ4n) is 3.52. The van der Waals surface area contributed by atoms with Crippen LogP contribution >= 0.6 is 0 Å². The molecule has 172 valence electrons. The molecule has 0 aromatic heterocycles. The van der Waals surface area contributed by atoms with Gasteiger partial charge in [-0.05, 0) is 32.2 Å². The SMILES string of the molecule is CC(=O)c1ccc(S(=O)(=O)N2CCN(C(=O)CN(C)Cc3ccc(F)cc3F)CC2)cc1. The molecule has 0 aliphatic carbocycles. The monoisotopic (exact) mass is 465 g/mol. The molecule has 0 spiro atoms. The Labute approximate surface area is 186 Å². The van der Waals surface area contributed by atoms with Crippen LogP contribution in [0.5, 0.6) is 0 Å². The van der Waals surface area contributed by atoms with Crippen LogP contribution in [0.25, 0.3) is 0 Å². The summed E-state index contributed by atoms with van der Waals surface area (Å²) in [5.41, 5.74) is 0.720. The molecule has 0 saturated carbocycles. The Morgan fingerprint density at radius 1 is 1.00 bits per heavy atom. The number of likely N-dealkylation sites (N-methyl/N-ethyl adjacent to an activating group) is 1. The Hall–Kier alpha value is -2.69. The minimum Gasteiger partial charge on any atom is -0.339 e. The standard InChI is InChI=1S/C22H25F2N3O4S/c1-16(28)17-4-7-20(8-5-17)32(30,31)27-11-9-26(10-12-27)22(29)15-25(2)14-18-3-6-19(23)13-21(18)24/h3-8,13H,9-12,14-15H2,1-2H3. The van der Waals surface area contributed by atoms with Crippen LogP contribution in [0, 0.1) is 11.6 Å². The van der Waals surface area contributed by atoms with E-state index in [1.807, 2.05) is 0 Å².